The van der Waals surface area contributed by atoms with Gasteiger partial charge < -0.3 is 14.4 Å². The number of hydrogen-bond acceptors (Lipinski definition) is 6. The highest BCUT2D eigenvalue weighted by Gasteiger charge is 2.16. The summed E-state index contributed by atoms with van der Waals surface area (Å²) in [4.78, 5) is 17.8. The molecular formula is C14H16N2O3S. The Balaban J connectivity index is 2.25. The van der Waals surface area contributed by atoms with Crippen LogP contribution in [0.5, 0.6) is 5.75 Å². The zero-order valence-electron chi connectivity index (χ0n) is 11.6. The van der Waals surface area contributed by atoms with Gasteiger partial charge in [0.2, 0.25) is 0 Å². The zero-order chi connectivity index (χ0) is 14.5. The molecule has 2 aromatic rings. The summed E-state index contributed by atoms with van der Waals surface area (Å²) < 4.78 is 10.3. The van der Waals surface area contributed by atoms with E-state index >= 15 is 0 Å². The van der Waals surface area contributed by atoms with E-state index in [1.54, 1.807) is 19.4 Å². The second-order valence-corrected chi connectivity index (χ2v) is 4.80. The number of carbonyl (C=O) groups is 1. The predicted octanol–water partition coefficient (Wildman–Crippen LogP) is 3.10. The number of benzene rings is 1. The van der Waals surface area contributed by atoms with Crippen molar-refractivity contribution < 1.29 is 14.3 Å². The number of hydrogen-bond donors (Lipinski definition) is 0. The van der Waals surface area contributed by atoms with Crippen LogP contribution in [-0.2, 0) is 4.74 Å². The Kier molecular flexibility index (Phi) is 4.57. The summed E-state index contributed by atoms with van der Waals surface area (Å²) in [5.74, 6) is 0.353. The Morgan fingerprint density at radius 1 is 1.40 bits per heavy atom. The molecule has 106 valence electrons. The Bertz CT molecular complexity index is 598. The number of ether oxygens (including phenoxy) is 2. The quantitative estimate of drug-likeness (QED) is 0.793. The second kappa shape index (κ2) is 6.38. The van der Waals surface area contributed by atoms with Gasteiger partial charge in [-0.3, -0.25) is 0 Å². The number of anilines is 2. The van der Waals surface area contributed by atoms with Gasteiger partial charge in [0.25, 0.3) is 0 Å². The van der Waals surface area contributed by atoms with Gasteiger partial charge in [-0.05, 0) is 19.1 Å². The normalized spacial score (nSPS) is 10.2. The molecule has 0 saturated carbocycles. The van der Waals surface area contributed by atoms with Crippen LogP contribution < -0.4 is 9.64 Å². The van der Waals surface area contributed by atoms with E-state index in [2.05, 4.69) is 4.98 Å². The molecule has 0 aliphatic carbocycles. The molecule has 0 atom stereocenters. The van der Waals surface area contributed by atoms with Crippen molar-refractivity contribution in [3.05, 3.63) is 35.3 Å². The molecule has 0 aliphatic rings. The van der Waals surface area contributed by atoms with E-state index in [4.69, 9.17) is 9.47 Å². The monoisotopic (exact) mass is 292 g/mol. The number of esters is 1. The van der Waals surface area contributed by atoms with Gasteiger partial charge in [0, 0.05) is 12.4 Å². The lowest BCUT2D eigenvalue weighted by Gasteiger charge is -2.18. The van der Waals surface area contributed by atoms with Crippen LogP contribution in [0.1, 0.15) is 17.4 Å². The molecule has 2 rings (SSSR count). The number of carbonyl (C=O) groups excluding carboxylic acids is 1. The summed E-state index contributed by atoms with van der Waals surface area (Å²) in [5, 5.41) is 2.40. The highest BCUT2D eigenvalue weighted by molar-refractivity contribution is 7.14. The van der Waals surface area contributed by atoms with Crippen molar-refractivity contribution in [2.45, 2.75) is 6.92 Å². The average molecular weight is 292 g/mol. The number of rotatable bonds is 5. The lowest BCUT2D eigenvalue weighted by molar-refractivity contribution is 0.0520. The molecule has 5 nitrogen and oxygen atoms in total. The van der Waals surface area contributed by atoms with Crippen LogP contribution in [0, 0.1) is 0 Å². The summed E-state index contributed by atoms with van der Waals surface area (Å²) in [6.07, 6.45) is 0. The predicted molar refractivity (Wildman–Crippen MR) is 79.1 cm³/mol. The van der Waals surface area contributed by atoms with Gasteiger partial charge in [-0.1, -0.05) is 12.1 Å². The summed E-state index contributed by atoms with van der Waals surface area (Å²) in [6, 6.07) is 7.65. The minimum atomic E-state index is -0.400. The van der Waals surface area contributed by atoms with Crippen LogP contribution >= 0.6 is 11.3 Å². The molecule has 6 heteroatoms. The van der Waals surface area contributed by atoms with E-state index in [1.807, 2.05) is 36.2 Å². The van der Waals surface area contributed by atoms with Crippen LogP contribution in [0.4, 0.5) is 10.8 Å². The van der Waals surface area contributed by atoms with Crippen LogP contribution in [-0.4, -0.2) is 31.7 Å². The molecule has 0 spiro atoms. The summed E-state index contributed by atoms with van der Waals surface area (Å²) in [7, 11) is 3.50. The van der Waals surface area contributed by atoms with Crippen molar-refractivity contribution in [1.82, 2.24) is 4.98 Å². The molecule has 0 aliphatic heterocycles. The first-order valence-corrected chi connectivity index (χ1v) is 7.04. The summed E-state index contributed by atoms with van der Waals surface area (Å²) >= 11 is 1.38. The fourth-order valence-electron chi connectivity index (χ4n) is 1.73. The molecule has 1 aromatic carbocycles. The van der Waals surface area contributed by atoms with Crippen molar-refractivity contribution in [1.29, 1.82) is 0 Å². The van der Waals surface area contributed by atoms with Crippen LogP contribution in [0.25, 0.3) is 0 Å². The van der Waals surface area contributed by atoms with Crippen LogP contribution in [0.3, 0.4) is 0 Å². The highest BCUT2D eigenvalue weighted by atomic mass is 32.1. The Morgan fingerprint density at radius 2 is 2.15 bits per heavy atom. The average Bonchev–Trinajstić information content (AvgIpc) is 2.96. The maximum Gasteiger partial charge on any atom is 0.357 e. The molecule has 20 heavy (non-hydrogen) atoms. The molecule has 0 radical (unpaired) electrons. The molecule has 0 saturated heterocycles. The van der Waals surface area contributed by atoms with E-state index in [0.717, 1.165) is 11.4 Å². The van der Waals surface area contributed by atoms with Crippen molar-refractivity contribution in [2.75, 3.05) is 25.7 Å². The SMILES string of the molecule is CCOC(=O)c1csc(N(C)c2ccccc2OC)n1. The molecule has 1 aromatic heterocycles. The Hall–Kier alpha value is -2.08. The first-order valence-electron chi connectivity index (χ1n) is 6.16. The van der Waals surface area contributed by atoms with Crippen LogP contribution in [0.2, 0.25) is 0 Å². The molecule has 0 amide bonds. The molecule has 0 fully saturated rings. The van der Waals surface area contributed by atoms with Crippen molar-refractivity contribution >= 4 is 28.1 Å². The first-order chi connectivity index (χ1) is 9.67. The number of nitrogens with zero attached hydrogens (tertiary/aromatic N) is 2. The number of aromatic nitrogens is 1. The van der Waals surface area contributed by atoms with Gasteiger partial charge in [0.15, 0.2) is 10.8 Å². The molecular weight excluding hydrogens is 276 g/mol. The Labute approximate surface area is 121 Å². The smallest absolute Gasteiger partial charge is 0.357 e. The third kappa shape index (κ3) is 2.91. The fourth-order valence-corrected chi connectivity index (χ4v) is 2.50. The van der Waals surface area contributed by atoms with Gasteiger partial charge in [0.05, 0.1) is 19.4 Å². The van der Waals surface area contributed by atoms with Crippen LogP contribution in [0.15, 0.2) is 29.6 Å². The van der Waals surface area contributed by atoms with Gasteiger partial charge in [0.1, 0.15) is 5.75 Å². The van der Waals surface area contributed by atoms with E-state index in [0.29, 0.717) is 17.4 Å². The third-order valence-corrected chi connectivity index (χ3v) is 3.63. The number of para-hydroxylation sites is 2. The first kappa shape index (κ1) is 14.3. The van der Waals surface area contributed by atoms with E-state index in [1.165, 1.54) is 11.3 Å². The molecule has 0 bridgehead atoms. The highest BCUT2D eigenvalue weighted by Crippen LogP contribution is 2.33. The third-order valence-electron chi connectivity index (χ3n) is 2.71. The minimum Gasteiger partial charge on any atom is -0.495 e. The van der Waals surface area contributed by atoms with Gasteiger partial charge in [-0.2, -0.15) is 0 Å². The van der Waals surface area contributed by atoms with Crippen molar-refractivity contribution in [2.24, 2.45) is 0 Å². The minimum absolute atomic E-state index is 0.327. The zero-order valence-corrected chi connectivity index (χ0v) is 12.4. The molecule has 0 unspecified atom stereocenters. The van der Waals surface area contributed by atoms with Crippen molar-refractivity contribution in [3.63, 3.8) is 0 Å². The lowest BCUT2D eigenvalue weighted by Crippen LogP contribution is -2.11. The second-order valence-electron chi connectivity index (χ2n) is 3.97. The largest absolute Gasteiger partial charge is 0.495 e. The number of methoxy groups -OCH3 is 1. The molecule has 0 N–H and O–H groups in total. The maximum atomic E-state index is 11.6. The summed E-state index contributed by atoms with van der Waals surface area (Å²) in [5.41, 5.74) is 1.22. The van der Waals surface area contributed by atoms with Gasteiger partial charge in [-0.25, -0.2) is 9.78 Å². The van der Waals surface area contributed by atoms with Gasteiger partial charge in [-0.15, -0.1) is 11.3 Å². The molecule has 1 heterocycles. The number of thiazole rings is 1. The fraction of sp³-hybridized carbons (Fsp3) is 0.286. The topological polar surface area (TPSA) is 51.7 Å². The standard InChI is InChI=1S/C14H16N2O3S/c1-4-19-13(17)10-9-20-14(15-10)16(2)11-7-5-6-8-12(11)18-3/h5-9H,4H2,1-3H3. The van der Waals surface area contributed by atoms with E-state index in [9.17, 15) is 4.79 Å². The lowest BCUT2D eigenvalue weighted by atomic mass is 10.3. The van der Waals surface area contributed by atoms with E-state index < -0.39 is 5.97 Å². The maximum absolute atomic E-state index is 11.6. The Morgan fingerprint density at radius 3 is 2.85 bits per heavy atom. The van der Waals surface area contributed by atoms with Gasteiger partial charge >= 0.3 is 5.97 Å². The van der Waals surface area contributed by atoms with Crippen molar-refractivity contribution in [3.8, 4) is 5.75 Å². The van der Waals surface area contributed by atoms with E-state index in [-0.39, 0.29) is 0 Å². The summed E-state index contributed by atoms with van der Waals surface area (Å²) in [6.45, 7) is 2.11.